The molecule has 0 fully saturated rings. The van der Waals surface area contributed by atoms with Crippen LogP contribution in [-0.2, 0) is 13.9 Å². The molecule has 0 aromatic carbocycles. The maximum absolute atomic E-state index is 11.0. The van der Waals surface area contributed by atoms with E-state index < -0.39 is 19.8 Å². The molecule has 0 saturated heterocycles. The molecule has 0 aliphatic carbocycles. The van der Waals surface area contributed by atoms with Gasteiger partial charge in [0.05, 0.1) is 6.10 Å². The van der Waals surface area contributed by atoms with Crippen molar-refractivity contribution in [1.82, 2.24) is 5.32 Å². The minimum Gasteiger partial charge on any atom is -0.480 e. The number of hydrogen-bond acceptors (Lipinski definition) is 5. The second-order valence-corrected chi connectivity index (χ2v) is 9.60. The monoisotopic (exact) mass is 496 g/mol. The number of hydrogen-bond donors (Lipinski definition) is 7. The zero-order valence-corrected chi connectivity index (χ0v) is 21.5. The molecule has 0 aliphatic rings. The van der Waals surface area contributed by atoms with E-state index in [9.17, 15) is 9.36 Å². The molecule has 0 amide bonds. The first-order valence-corrected chi connectivity index (χ1v) is 13.9. The van der Waals surface area contributed by atoms with E-state index in [1.165, 1.54) is 44.9 Å². The van der Waals surface area contributed by atoms with Crippen LogP contribution in [0.15, 0.2) is 0 Å². The molecule has 0 saturated carbocycles. The van der Waals surface area contributed by atoms with Crippen molar-refractivity contribution in [2.45, 2.75) is 122 Å². The van der Waals surface area contributed by atoms with Crippen LogP contribution in [0.25, 0.3) is 0 Å². The van der Waals surface area contributed by atoms with Gasteiger partial charge in [0.15, 0.2) is 5.96 Å². The molecule has 0 aliphatic heterocycles. The molecule has 0 bridgehead atoms. The van der Waals surface area contributed by atoms with Crippen LogP contribution in [0.5, 0.6) is 0 Å². The standard InChI is InChI=1S/C16H35O4P.C6H14N4O2/c1-3-5-7-9-10-11-13-15-16(20-21(17,18)19)14-12-8-6-4-2;7-4(5(11)12)2-1-3-10-6(8)9/h16H,3-15H2,1-2H3,(H2,17,18,19);4H,1-3,7H2,(H,11,12)(H4,8,9,10)/t;4-/m.0/s1. The van der Waals surface area contributed by atoms with Gasteiger partial charge < -0.3 is 31.7 Å². The molecule has 0 aromatic heterocycles. The van der Waals surface area contributed by atoms with Gasteiger partial charge in [0.2, 0.25) is 0 Å². The highest BCUT2D eigenvalue weighted by Crippen LogP contribution is 2.39. The van der Waals surface area contributed by atoms with Gasteiger partial charge in [0, 0.05) is 6.54 Å². The van der Waals surface area contributed by atoms with E-state index in [2.05, 4.69) is 19.2 Å². The number of carboxylic acids is 1. The quantitative estimate of drug-likeness (QED) is 0.0558. The highest BCUT2D eigenvalue weighted by atomic mass is 31.2. The number of unbranched alkanes of at least 4 members (excludes halogenated alkanes) is 9. The zero-order chi connectivity index (χ0) is 25.5. The fraction of sp³-hybridized carbons (Fsp3) is 0.909. The molecular weight excluding hydrogens is 447 g/mol. The topological polar surface area (TPSA) is 192 Å². The van der Waals surface area contributed by atoms with Crippen LogP contribution in [0.3, 0.4) is 0 Å². The molecular formula is C22H49N4O6P. The Morgan fingerprint density at radius 3 is 1.79 bits per heavy atom. The van der Waals surface area contributed by atoms with Gasteiger partial charge in [-0.2, -0.15) is 0 Å². The van der Waals surface area contributed by atoms with Gasteiger partial charge >= 0.3 is 13.8 Å². The van der Waals surface area contributed by atoms with Crippen LogP contribution in [-0.4, -0.2) is 45.5 Å². The molecule has 11 heteroatoms. The van der Waals surface area contributed by atoms with Crippen LogP contribution in [0.2, 0.25) is 0 Å². The summed E-state index contributed by atoms with van der Waals surface area (Å²) in [7, 11) is -4.35. The molecule has 0 heterocycles. The van der Waals surface area contributed by atoms with Crippen molar-refractivity contribution in [3.8, 4) is 0 Å². The Labute approximate surface area is 200 Å². The average molecular weight is 497 g/mol. The van der Waals surface area contributed by atoms with Gasteiger partial charge in [-0.15, -0.1) is 0 Å². The fourth-order valence-electron chi connectivity index (χ4n) is 3.24. The minimum atomic E-state index is -4.35. The Hall–Kier alpha value is -1.19. The van der Waals surface area contributed by atoms with Crippen molar-refractivity contribution in [3.63, 3.8) is 0 Å². The molecule has 0 aromatic rings. The third-order valence-electron chi connectivity index (χ3n) is 5.12. The second-order valence-electron chi connectivity index (χ2n) is 8.40. The Morgan fingerprint density at radius 2 is 1.36 bits per heavy atom. The van der Waals surface area contributed by atoms with E-state index in [-0.39, 0.29) is 12.1 Å². The number of phosphoric acid groups is 1. The Bertz CT molecular complexity index is 533. The zero-order valence-electron chi connectivity index (χ0n) is 20.6. The fourth-order valence-corrected chi connectivity index (χ4v) is 3.84. The first kappa shape index (κ1) is 34.0. The number of carbonyl (C=O) groups is 1. The molecule has 0 rings (SSSR count). The van der Waals surface area contributed by atoms with Crippen LogP contribution in [0, 0.1) is 5.41 Å². The third kappa shape index (κ3) is 28.8. The van der Waals surface area contributed by atoms with Crippen molar-refractivity contribution >= 4 is 19.8 Å². The molecule has 10 nitrogen and oxygen atoms in total. The van der Waals surface area contributed by atoms with Crippen molar-refractivity contribution in [3.05, 3.63) is 0 Å². The van der Waals surface area contributed by atoms with Crippen molar-refractivity contribution < 1.29 is 28.8 Å². The summed E-state index contributed by atoms with van der Waals surface area (Å²) in [6.07, 6.45) is 15.2. The summed E-state index contributed by atoms with van der Waals surface area (Å²) < 4.78 is 15.9. The lowest BCUT2D eigenvalue weighted by Gasteiger charge is -2.18. The summed E-state index contributed by atoms with van der Waals surface area (Å²) in [4.78, 5) is 28.2. The van der Waals surface area contributed by atoms with Gasteiger partial charge in [0.1, 0.15) is 6.04 Å². The number of nitrogens with one attached hydrogen (secondary N) is 2. The van der Waals surface area contributed by atoms with Gasteiger partial charge in [-0.3, -0.25) is 14.7 Å². The smallest absolute Gasteiger partial charge is 0.469 e. The minimum absolute atomic E-state index is 0.112. The number of nitrogens with two attached hydrogens (primary N) is 2. The first-order valence-electron chi connectivity index (χ1n) is 12.3. The van der Waals surface area contributed by atoms with Crippen LogP contribution < -0.4 is 16.8 Å². The van der Waals surface area contributed by atoms with Gasteiger partial charge in [-0.25, -0.2) is 4.57 Å². The molecule has 9 N–H and O–H groups in total. The first-order chi connectivity index (χ1) is 15.5. The van der Waals surface area contributed by atoms with E-state index in [1.54, 1.807) is 0 Å². The molecule has 1 unspecified atom stereocenters. The van der Waals surface area contributed by atoms with Crippen molar-refractivity contribution in [2.24, 2.45) is 11.5 Å². The van der Waals surface area contributed by atoms with Gasteiger partial charge in [-0.05, 0) is 25.7 Å². The number of carboxylic acid groups (broad SMARTS) is 1. The van der Waals surface area contributed by atoms with E-state index in [0.717, 1.165) is 38.5 Å². The van der Waals surface area contributed by atoms with E-state index in [1.807, 2.05) is 0 Å². The maximum Gasteiger partial charge on any atom is 0.469 e. The number of rotatable bonds is 20. The Morgan fingerprint density at radius 1 is 0.909 bits per heavy atom. The maximum atomic E-state index is 11.0. The molecule has 198 valence electrons. The van der Waals surface area contributed by atoms with Crippen LogP contribution in [0.4, 0.5) is 0 Å². The number of phosphoric ester groups is 1. The summed E-state index contributed by atoms with van der Waals surface area (Å²) in [5.41, 5.74) is 10.2. The highest BCUT2D eigenvalue weighted by Gasteiger charge is 2.21. The second kappa shape index (κ2) is 22.6. The Kier molecular flexibility index (Phi) is 23.3. The lowest BCUT2D eigenvalue weighted by molar-refractivity contribution is -0.138. The van der Waals surface area contributed by atoms with E-state index in [4.69, 9.17) is 36.3 Å². The van der Waals surface area contributed by atoms with Crippen molar-refractivity contribution in [1.29, 1.82) is 5.41 Å². The number of guanidine groups is 1. The predicted molar refractivity (Wildman–Crippen MR) is 133 cm³/mol. The molecule has 2 atom stereocenters. The van der Waals surface area contributed by atoms with Gasteiger partial charge in [0.25, 0.3) is 0 Å². The van der Waals surface area contributed by atoms with Crippen molar-refractivity contribution in [2.75, 3.05) is 6.54 Å². The summed E-state index contributed by atoms with van der Waals surface area (Å²) >= 11 is 0. The molecule has 0 spiro atoms. The Balaban J connectivity index is 0. The SMILES string of the molecule is CCCCCCCCCC(CCCCCC)OP(=O)(O)O.N=C(N)NCCC[C@H](N)C(=O)O. The van der Waals surface area contributed by atoms with Crippen LogP contribution in [0.1, 0.15) is 110 Å². The lowest BCUT2D eigenvalue weighted by atomic mass is 10.0. The summed E-state index contributed by atoms with van der Waals surface area (Å²) in [5.74, 6) is -1.11. The summed E-state index contributed by atoms with van der Waals surface area (Å²) in [6.45, 7) is 4.85. The normalized spacial score (nSPS) is 13.0. The molecule has 0 radical (unpaired) electrons. The predicted octanol–water partition coefficient (Wildman–Crippen LogP) is 4.24. The average Bonchev–Trinajstić information content (AvgIpc) is 2.72. The largest absolute Gasteiger partial charge is 0.480 e. The van der Waals surface area contributed by atoms with Crippen LogP contribution >= 0.6 is 7.82 Å². The molecule has 33 heavy (non-hydrogen) atoms. The van der Waals surface area contributed by atoms with Gasteiger partial charge in [-0.1, -0.05) is 84.5 Å². The summed E-state index contributed by atoms with van der Waals surface area (Å²) in [6, 6.07) is -0.821. The summed E-state index contributed by atoms with van der Waals surface area (Å²) in [5, 5.41) is 17.7. The number of aliphatic carboxylic acids is 1. The highest BCUT2D eigenvalue weighted by molar-refractivity contribution is 7.46. The van der Waals surface area contributed by atoms with E-state index >= 15 is 0 Å². The lowest BCUT2D eigenvalue weighted by Crippen LogP contribution is -2.34. The van der Waals surface area contributed by atoms with E-state index in [0.29, 0.717) is 19.4 Å². The third-order valence-corrected chi connectivity index (χ3v) is 5.69.